The Morgan fingerprint density at radius 2 is 2.17 bits per heavy atom. The van der Waals surface area contributed by atoms with Gasteiger partial charge in [0.25, 0.3) is 0 Å². The van der Waals surface area contributed by atoms with Crippen LogP contribution in [0.2, 0.25) is 0 Å². The molecule has 0 aromatic rings. The van der Waals surface area contributed by atoms with Gasteiger partial charge in [-0.25, -0.2) is 8.42 Å². The van der Waals surface area contributed by atoms with Crippen molar-refractivity contribution in [2.24, 2.45) is 5.92 Å². The third-order valence-electron chi connectivity index (χ3n) is 3.34. The highest BCUT2D eigenvalue weighted by molar-refractivity contribution is 7.91. The van der Waals surface area contributed by atoms with E-state index in [2.05, 4.69) is 10.6 Å². The summed E-state index contributed by atoms with van der Waals surface area (Å²) in [5.74, 6) is 0.626. The summed E-state index contributed by atoms with van der Waals surface area (Å²) in [5, 5.41) is 5.83. The molecule has 0 aliphatic carbocycles. The molecule has 7 heteroatoms. The van der Waals surface area contributed by atoms with E-state index in [0.717, 1.165) is 26.2 Å². The van der Waals surface area contributed by atoms with Gasteiger partial charge in [0.2, 0.25) is 5.91 Å². The van der Waals surface area contributed by atoms with Gasteiger partial charge in [-0.15, -0.1) is 0 Å². The van der Waals surface area contributed by atoms with Crippen molar-refractivity contribution in [3.05, 3.63) is 0 Å². The van der Waals surface area contributed by atoms with Crippen LogP contribution in [0.1, 0.15) is 12.8 Å². The zero-order valence-electron chi connectivity index (χ0n) is 10.4. The van der Waals surface area contributed by atoms with E-state index in [1.807, 2.05) is 0 Å². The van der Waals surface area contributed by atoms with E-state index >= 15 is 0 Å². The molecular weight excluding hydrogens is 256 g/mol. The smallest absolute Gasteiger partial charge is 0.234 e. The highest BCUT2D eigenvalue weighted by Gasteiger charge is 2.28. The maximum atomic E-state index is 11.6. The Labute approximate surface area is 107 Å². The maximum Gasteiger partial charge on any atom is 0.234 e. The molecule has 2 aliphatic rings. The first-order valence-corrected chi connectivity index (χ1v) is 8.15. The Morgan fingerprint density at radius 3 is 2.78 bits per heavy atom. The fourth-order valence-electron chi connectivity index (χ4n) is 2.32. The third kappa shape index (κ3) is 4.22. The average molecular weight is 276 g/mol. The Hall–Kier alpha value is -0.660. The van der Waals surface area contributed by atoms with Crippen LogP contribution < -0.4 is 10.6 Å². The zero-order chi connectivity index (χ0) is 13.0. The van der Waals surface area contributed by atoms with E-state index in [1.54, 1.807) is 0 Å². The lowest BCUT2D eigenvalue weighted by Crippen LogP contribution is -2.42. The number of hydrogen-bond donors (Lipinski definition) is 2. The van der Waals surface area contributed by atoms with Gasteiger partial charge in [0.15, 0.2) is 9.84 Å². The van der Waals surface area contributed by atoms with Gasteiger partial charge in [0.1, 0.15) is 0 Å². The molecule has 18 heavy (non-hydrogen) atoms. The first-order chi connectivity index (χ1) is 8.55. The Kier molecular flexibility index (Phi) is 4.58. The van der Waals surface area contributed by atoms with Crippen molar-refractivity contribution >= 4 is 15.7 Å². The highest BCUT2D eigenvalue weighted by Crippen LogP contribution is 2.11. The molecule has 2 heterocycles. The van der Waals surface area contributed by atoms with Crippen LogP contribution in [0.25, 0.3) is 0 Å². The van der Waals surface area contributed by atoms with Gasteiger partial charge in [0, 0.05) is 19.2 Å². The van der Waals surface area contributed by atoms with E-state index in [0.29, 0.717) is 12.3 Å². The zero-order valence-corrected chi connectivity index (χ0v) is 11.2. The lowest BCUT2D eigenvalue weighted by Gasteiger charge is -2.12. The summed E-state index contributed by atoms with van der Waals surface area (Å²) in [6.45, 7) is 2.58. The van der Waals surface area contributed by atoms with Crippen LogP contribution in [0.4, 0.5) is 0 Å². The van der Waals surface area contributed by atoms with E-state index < -0.39 is 9.84 Å². The first-order valence-electron chi connectivity index (χ1n) is 6.33. The highest BCUT2D eigenvalue weighted by atomic mass is 32.2. The number of sulfone groups is 1. The normalized spacial score (nSPS) is 30.4. The van der Waals surface area contributed by atoms with E-state index in [-0.39, 0.29) is 30.0 Å². The minimum atomic E-state index is -2.93. The number of amides is 1. The molecule has 0 radical (unpaired) electrons. The van der Waals surface area contributed by atoms with E-state index in [1.165, 1.54) is 0 Å². The molecule has 0 saturated carbocycles. The second-order valence-corrected chi connectivity index (χ2v) is 7.26. The summed E-state index contributed by atoms with van der Waals surface area (Å²) in [7, 11) is -2.93. The molecule has 0 unspecified atom stereocenters. The maximum absolute atomic E-state index is 11.6. The molecular formula is C11H20N2O4S. The van der Waals surface area contributed by atoms with Crippen molar-refractivity contribution in [3.8, 4) is 0 Å². The monoisotopic (exact) mass is 276 g/mol. The summed E-state index contributed by atoms with van der Waals surface area (Å²) in [6, 6.07) is -0.209. The van der Waals surface area contributed by atoms with Gasteiger partial charge in [-0.1, -0.05) is 0 Å². The van der Waals surface area contributed by atoms with Gasteiger partial charge >= 0.3 is 0 Å². The molecule has 2 aliphatic heterocycles. The van der Waals surface area contributed by atoms with Crippen LogP contribution in [0.3, 0.4) is 0 Å². The second-order valence-electron chi connectivity index (χ2n) is 5.03. The minimum absolute atomic E-state index is 0.0786. The van der Waals surface area contributed by atoms with Crippen molar-refractivity contribution in [2.75, 3.05) is 37.8 Å². The molecule has 2 saturated heterocycles. The summed E-state index contributed by atoms with van der Waals surface area (Å²) in [5.41, 5.74) is 0. The molecule has 1 amide bonds. The lowest BCUT2D eigenvalue weighted by molar-refractivity contribution is -0.120. The van der Waals surface area contributed by atoms with Crippen LogP contribution in [0.5, 0.6) is 0 Å². The fraction of sp³-hybridized carbons (Fsp3) is 0.909. The van der Waals surface area contributed by atoms with Crippen LogP contribution in [-0.4, -0.2) is 58.2 Å². The quantitative estimate of drug-likeness (QED) is 0.667. The topological polar surface area (TPSA) is 84.5 Å². The molecule has 6 nitrogen and oxygen atoms in total. The largest absolute Gasteiger partial charge is 0.381 e. The number of rotatable bonds is 5. The van der Waals surface area contributed by atoms with Crippen LogP contribution >= 0.6 is 0 Å². The second kappa shape index (κ2) is 5.99. The number of hydrogen-bond acceptors (Lipinski definition) is 5. The third-order valence-corrected chi connectivity index (χ3v) is 5.11. The van der Waals surface area contributed by atoms with Crippen molar-refractivity contribution in [3.63, 3.8) is 0 Å². The van der Waals surface area contributed by atoms with Gasteiger partial charge in [-0.2, -0.15) is 0 Å². The average Bonchev–Trinajstić information content (AvgIpc) is 2.88. The van der Waals surface area contributed by atoms with Crippen LogP contribution in [0.15, 0.2) is 0 Å². The molecule has 0 aromatic carbocycles. The van der Waals surface area contributed by atoms with Crippen molar-refractivity contribution in [1.82, 2.24) is 10.6 Å². The summed E-state index contributed by atoms with van der Waals surface area (Å²) in [4.78, 5) is 11.6. The molecule has 0 bridgehead atoms. The number of carbonyl (C=O) groups excluding carboxylic acids is 1. The summed E-state index contributed by atoms with van der Waals surface area (Å²) >= 11 is 0. The predicted octanol–water partition coefficient (Wildman–Crippen LogP) is -1.08. The molecule has 2 fully saturated rings. The first kappa shape index (κ1) is 13.8. The van der Waals surface area contributed by atoms with Crippen LogP contribution in [0, 0.1) is 5.92 Å². The van der Waals surface area contributed by atoms with Crippen molar-refractivity contribution in [1.29, 1.82) is 0 Å². The van der Waals surface area contributed by atoms with E-state index in [9.17, 15) is 13.2 Å². The lowest BCUT2D eigenvalue weighted by atomic mass is 10.1. The standard InChI is InChI=1S/C11H20N2O4S/c14-11(6-12-5-9-1-3-17-7-9)13-10-2-4-18(15,16)8-10/h9-10,12H,1-8H2,(H,13,14)/t9-,10+/m0/s1. The number of carbonyl (C=O) groups is 1. The van der Waals surface area contributed by atoms with Gasteiger partial charge in [-0.3, -0.25) is 4.79 Å². The SMILES string of the molecule is O=C(CNC[C@@H]1CCOC1)N[C@@H]1CCS(=O)(=O)C1. The van der Waals surface area contributed by atoms with Gasteiger partial charge in [0.05, 0.1) is 24.7 Å². The van der Waals surface area contributed by atoms with E-state index in [4.69, 9.17) is 4.74 Å². The van der Waals surface area contributed by atoms with Gasteiger partial charge in [-0.05, 0) is 18.8 Å². The summed E-state index contributed by atoms with van der Waals surface area (Å²) < 4.78 is 27.7. The Bertz CT molecular complexity index is 390. The van der Waals surface area contributed by atoms with Crippen LogP contribution in [-0.2, 0) is 19.4 Å². The molecule has 0 spiro atoms. The molecule has 2 rings (SSSR count). The predicted molar refractivity (Wildman–Crippen MR) is 67.0 cm³/mol. The minimum Gasteiger partial charge on any atom is -0.381 e. The molecule has 2 atom stereocenters. The number of ether oxygens (including phenoxy) is 1. The van der Waals surface area contributed by atoms with Crippen molar-refractivity contribution in [2.45, 2.75) is 18.9 Å². The Morgan fingerprint density at radius 1 is 1.33 bits per heavy atom. The number of nitrogens with one attached hydrogen (secondary N) is 2. The Balaban J connectivity index is 1.60. The summed E-state index contributed by atoms with van der Waals surface area (Å²) in [6.07, 6.45) is 1.57. The van der Waals surface area contributed by atoms with Crippen molar-refractivity contribution < 1.29 is 17.9 Å². The van der Waals surface area contributed by atoms with Gasteiger partial charge < -0.3 is 15.4 Å². The molecule has 0 aromatic heterocycles. The fourth-order valence-corrected chi connectivity index (χ4v) is 4.00. The molecule has 104 valence electrons. The molecule has 2 N–H and O–H groups in total.